The van der Waals surface area contributed by atoms with Gasteiger partial charge in [0.25, 0.3) is 0 Å². The number of alkyl halides is 1. The number of carbonyl (C=O) groups is 1. The van der Waals surface area contributed by atoms with Crippen LogP contribution in [0.1, 0.15) is 35.0 Å². The summed E-state index contributed by atoms with van der Waals surface area (Å²) < 4.78 is 18.0. The average molecular weight is 471 g/mol. The van der Waals surface area contributed by atoms with E-state index >= 15 is 0 Å². The molecule has 0 unspecified atom stereocenters. The third-order valence-corrected chi connectivity index (χ3v) is 6.02. The van der Waals surface area contributed by atoms with Crippen LogP contribution in [0.3, 0.4) is 0 Å². The maximum Gasteiger partial charge on any atom is 0.229 e. The molecule has 4 nitrogen and oxygen atoms in total. The number of halogens is 1. The summed E-state index contributed by atoms with van der Waals surface area (Å²) in [6.45, 7) is 6.49. The van der Waals surface area contributed by atoms with Crippen LogP contribution >= 0.6 is 11.6 Å². The lowest BCUT2D eigenvalue weighted by Crippen LogP contribution is -2.04. The van der Waals surface area contributed by atoms with E-state index in [2.05, 4.69) is 6.58 Å². The molecule has 0 bridgehead atoms. The molecular weight excluding hydrogens is 448 g/mol. The van der Waals surface area contributed by atoms with Crippen molar-refractivity contribution in [3.63, 3.8) is 0 Å². The maximum absolute atomic E-state index is 13.7. The van der Waals surface area contributed by atoms with Gasteiger partial charge in [-0.25, -0.2) is 0 Å². The topological polar surface area (TPSA) is 48.7 Å². The van der Waals surface area contributed by atoms with Crippen LogP contribution in [0, 0.1) is 0 Å². The van der Waals surface area contributed by atoms with Crippen LogP contribution in [-0.4, -0.2) is 18.3 Å². The number of furan rings is 1. The Balaban J connectivity index is 1.69. The van der Waals surface area contributed by atoms with E-state index in [0.717, 1.165) is 28.5 Å². The van der Waals surface area contributed by atoms with Crippen LogP contribution < -0.4 is 9.47 Å². The Morgan fingerprint density at radius 2 is 1.88 bits per heavy atom. The molecule has 0 fully saturated rings. The smallest absolute Gasteiger partial charge is 0.229 e. The van der Waals surface area contributed by atoms with Crippen LogP contribution in [0.5, 0.6) is 11.5 Å². The molecule has 0 radical (unpaired) electrons. The molecule has 4 aromatic rings. The standard InChI is InChI=1S/C29H23ClO4/c1-18-16-19(2)33-28-23(18)12-13-24-26(28)25(20-8-4-3-5-9-20)29(34-24)27(31)21-10-6-11-22(17-21)32-15-7-14-30/h3-6,8-13,16-17H,2,7,14-15H2,1H3. The van der Waals surface area contributed by atoms with Gasteiger partial charge in [-0.1, -0.05) is 49.0 Å². The van der Waals surface area contributed by atoms with Gasteiger partial charge >= 0.3 is 0 Å². The molecule has 1 aromatic heterocycles. The minimum absolute atomic E-state index is 0.228. The molecular formula is C29H23ClO4. The highest BCUT2D eigenvalue weighted by Gasteiger charge is 2.28. The van der Waals surface area contributed by atoms with Crippen molar-refractivity contribution in [1.82, 2.24) is 0 Å². The third-order valence-electron chi connectivity index (χ3n) is 5.76. The van der Waals surface area contributed by atoms with Crippen molar-refractivity contribution < 1.29 is 18.7 Å². The minimum Gasteiger partial charge on any atom is -0.494 e. The number of allylic oxidation sites excluding steroid dienone is 2. The van der Waals surface area contributed by atoms with Crippen molar-refractivity contribution >= 4 is 33.9 Å². The molecule has 5 heteroatoms. The number of hydrogen-bond donors (Lipinski definition) is 0. The van der Waals surface area contributed by atoms with Gasteiger partial charge in [0.05, 0.1) is 12.0 Å². The summed E-state index contributed by atoms with van der Waals surface area (Å²) in [5.74, 6) is 2.37. The molecule has 0 amide bonds. The number of hydrogen-bond acceptors (Lipinski definition) is 4. The molecule has 5 rings (SSSR count). The fraction of sp³-hybridized carbons (Fsp3) is 0.138. The molecule has 0 saturated heterocycles. The van der Waals surface area contributed by atoms with E-state index in [0.29, 0.717) is 46.5 Å². The van der Waals surface area contributed by atoms with Crippen LogP contribution in [0.4, 0.5) is 0 Å². The van der Waals surface area contributed by atoms with Crippen LogP contribution in [0.15, 0.2) is 89.6 Å². The van der Waals surface area contributed by atoms with E-state index < -0.39 is 0 Å². The summed E-state index contributed by atoms with van der Waals surface area (Å²) in [6, 6.07) is 20.7. The number of ketones is 1. The molecule has 0 aliphatic carbocycles. The predicted octanol–water partition coefficient (Wildman–Crippen LogP) is 7.65. The van der Waals surface area contributed by atoms with E-state index in [1.54, 1.807) is 18.2 Å². The van der Waals surface area contributed by atoms with Crippen molar-refractivity contribution in [1.29, 1.82) is 0 Å². The fourth-order valence-electron chi connectivity index (χ4n) is 4.20. The van der Waals surface area contributed by atoms with Crippen molar-refractivity contribution in [3.05, 3.63) is 102 Å². The van der Waals surface area contributed by atoms with Gasteiger partial charge in [-0.15, -0.1) is 11.6 Å². The first-order valence-corrected chi connectivity index (χ1v) is 11.6. The number of carbonyl (C=O) groups excluding carboxylic acids is 1. The van der Waals surface area contributed by atoms with Gasteiger partial charge in [-0.2, -0.15) is 0 Å². The van der Waals surface area contributed by atoms with Gasteiger partial charge in [0.15, 0.2) is 5.76 Å². The van der Waals surface area contributed by atoms with Crippen molar-refractivity contribution in [2.45, 2.75) is 13.3 Å². The van der Waals surface area contributed by atoms with Gasteiger partial charge in [-0.3, -0.25) is 4.79 Å². The summed E-state index contributed by atoms with van der Waals surface area (Å²) in [5, 5.41) is 0.759. The summed E-state index contributed by atoms with van der Waals surface area (Å²) in [5.41, 5.74) is 4.63. The quantitative estimate of drug-likeness (QED) is 0.158. The van der Waals surface area contributed by atoms with Crippen molar-refractivity contribution in [2.75, 3.05) is 12.5 Å². The second-order valence-corrected chi connectivity index (χ2v) is 8.51. The van der Waals surface area contributed by atoms with Crippen molar-refractivity contribution in [2.24, 2.45) is 0 Å². The van der Waals surface area contributed by atoms with Crippen LogP contribution in [0.25, 0.3) is 27.7 Å². The lowest BCUT2D eigenvalue weighted by Gasteiger charge is -2.18. The van der Waals surface area contributed by atoms with Gasteiger partial charge < -0.3 is 13.9 Å². The summed E-state index contributed by atoms with van der Waals surface area (Å²) in [6.07, 6.45) is 2.63. The molecule has 3 aromatic carbocycles. The first kappa shape index (κ1) is 22.1. The Kier molecular flexibility index (Phi) is 5.99. The van der Waals surface area contributed by atoms with E-state index in [1.165, 1.54) is 0 Å². The first-order valence-electron chi connectivity index (χ1n) is 11.1. The average Bonchev–Trinajstić information content (AvgIpc) is 3.24. The van der Waals surface area contributed by atoms with Crippen molar-refractivity contribution in [3.8, 4) is 22.6 Å². The monoisotopic (exact) mass is 470 g/mol. The van der Waals surface area contributed by atoms with Crippen LogP contribution in [0.2, 0.25) is 0 Å². The molecule has 34 heavy (non-hydrogen) atoms. The third kappa shape index (κ3) is 4.02. The molecule has 2 heterocycles. The Labute approximate surface area is 203 Å². The summed E-state index contributed by atoms with van der Waals surface area (Å²) >= 11 is 5.75. The molecule has 0 spiro atoms. The van der Waals surface area contributed by atoms with Gasteiger partial charge in [0, 0.05) is 22.6 Å². The maximum atomic E-state index is 13.7. The van der Waals surface area contributed by atoms with Gasteiger partial charge in [0.1, 0.15) is 22.8 Å². The number of fused-ring (bicyclic) bond motifs is 3. The Bertz CT molecular complexity index is 1430. The lowest BCUT2D eigenvalue weighted by molar-refractivity contribution is 0.101. The number of ether oxygens (including phenoxy) is 2. The largest absolute Gasteiger partial charge is 0.494 e. The second kappa shape index (κ2) is 9.24. The van der Waals surface area contributed by atoms with E-state index in [1.807, 2.05) is 61.5 Å². The second-order valence-electron chi connectivity index (χ2n) is 8.13. The van der Waals surface area contributed by atoms with E-state index in [9.17, 15) is 4.79 Å². The first-order chi connectivity index (χ1) is 16.6. The molecule has 1 aliphatic heterocycles. The highest BCUT2D eigenvalue weighted by atomic mass is 35.5. The van der Waals surface area contributed by atoms with Crippen LogP contribution in [-0.2, 0) is 0 Å². The Morgan fingerprint density at radius 3 is 2.68 bits per heavy atom. The zero-order valence-electron chi connectivity index (χ0n) is 18.8. The highest BCUT2D eigenvalue weighted by Crippen LogP contribution is 2.46. The highest BCUT2D eigenvalue weighted by molar-refractivity contribution is 6.18. The zero-order valence-corrected chi connectivity index (χ0v) is 19.5. The lowest BCUT2D eigenvalue weighted by atomic mass is 9.94. The SMILES string of the molecule is C=C1C=C(C)c2ccc3oc(C(=O)c4cccc(OCCCCl)c4)c(-c4ccccc4)c3c2O1. The van der Waals surface area contributed by atoms with E-state index in [-0.39, 0.29) is 11.5 Å². The molecule has 0 atom stereocenters. The fourth-order valence-corrected chi connectivity index (χ4v) is 4.31. The predicted molar refractivity (Wildman–Crippen MR) is 136 cm³/mol. The minimum atomic E-state index is -0.228. The molecule has 170 valence electrons. The summed E-state index contributed by atoms with van der Waals surface area (Å²) in [7, 11) is 0. The number of rotatable bonds is 7. The zero-order chi connectivity index (χ0) is 23.7. The molecule has 0 N–H and O–H groups in total. The Morgan fingerprint density at radius 1 is 1.06 bits per heavy atom. The van der Waals surface area contributed by atoms with Gasteiger partial charge in [-0.05, 0) is 54.8 Å². The normalized spacial score (nSPS) is 12.8. The molecule has 0 saturated carbocycles. The number of benzene rings is 3. The molecule has 1 aliphatic rings. The van der Waals surface area contributed by atoms with Gasteiger partial charge in [0.2, 0.25) is 5.78 Å². The Hall–Kier alpha value is -3.76. The summed E-state index contributed by atoms with van der Waals surface area (Å²) in [4.78, 5) is 13.7. The van der Waals surface area contributed by atoms with E-state index in [4.69, 9.17) is 25.5 Å².